The van der Waals surface area contributed by atoms with Crippen LogP contribution in [0.4, 0.5) is 0 Å². The van der Waals surface area contributed by atoms with Gasteiger partial charge in [0, 0.05) is 16.1 Å². The summed E-state index contributed by atoms with van der Waals surface area (Å²) in [6.45, 7) is 0.603. The number of methoxy groups -OCH3 is 1. The van der Waals surface area contributed by atoms with E-state index in [0.717, 1.165) is 20.9 Å². The standard InChI is InChI=1S/C16H13BrN2O2/c1-21-16(20)12-5-2-4-11(8-12)9-19-10-13-14(17)6-3-7-15(13)18-19/h2-8,10H,9H2,1H3. The molecule has 0 N–H and O–H groups in total. The van der Waals surface area contributed by atoms with E-state index in [2.05, 4.69) is 21.0 Å². The van der Waals surface area contributed by atoms with Crippen molar-refractivity contribution in [3.05, 3.63) is 64.3 Å². The maximum atomic E-state index is 11.6. The first-order valence-electron chi connectivity index (χ1n) is 6.46. The van der Waals surface area contributed by atoms with Gasteiger partial charge in [-0.25, -0.2) is 4.79 Å². The molecule has 0 aliphatic heterocycles. The topological polar surface area (TPSA) is 44.1 Å². The summed E-state index contributed by atoms with van der Waals surface area (Å²) in [5, 5.41) is 5.60. The molecular weight excluding hydrogens is 332 g/mol. The van der Waals surface area contributed by atoms with Gasteiger partial charge in [0.1, 0.15) is 0 Å². The van der Waals surface area contributed by atoms with Crippen molar-refractivity contribution in [2.45, 2.75) is 6.54 Å². The summed E-state index contributed by atoms with van der Waals surface area (Å²) in [7, 11) is 1.38. The molecule has 0 atom stereocenters. The highest BCUT2D eigenvalue weighted by Gasteiger charge is 2.07. The molecular formula is C16H13BrN2O2. The van der Waals surface area contributed by atoms with Crippen LogP contribution in [-0.2, 0) is 11.3 Å². The average molecular weight is 345 g/mol. The molecule has 0 bridgehead atoms. The minimum atomic E-state index is -0.328. The Bertz CT molecular complexity index is 811. The molecule has 3 rings (SSSR count). The van der Waals surface area contributed by atoms with E-state index in [1.54, 1.807) is 6.07 Å². The molecule has 0 saturated carbocycles. The van der Waals surface area contributed by atoms with Crippen molar-refractivity contribution in [2.75, 3.05) is 7.11 Å². The lowest BCUT2D eigenvalue weighted by Crippen LogP contribution is -2.04. The fourth-order valence-corrected chi connectivity index (χ4v) is 2.70. The Labute approximate surface area is 130 Å². The number of hydrogen-bond acceptors (Lipinski definition) is 3. The highest BCUT2D eigenvalue weighted by Crippen LogP contribution is 2.22. The van der Waals surface area contributed by atoms with Gasteiger partial charge in [0.05, 0.1) is 24.7 Å². The number of carbonyl (C=O) groups is 1. The lowest BCUT2D eigenvalue weighted by atomic mass is 10.1. The van der Waals surface area contributed by atoms with E-state index in [9.17, 15) is 4.79 Å². The molecule has 1 heterocycles. The lowest BCUT2D eigenvalue weighted by molar-refractivity contribution is 0.0600. The zero-order valence-electron chi connectivity index (χ0n) is 11.4. The molecule has 0 unspecified atom stereocenters. The zero-order valence-corrected chi connectivity index (χ0v) is 13.0. The Kier molecular flexibility index (Phi) is 3.75. The summed E-state index contributed by atoms with van der Waals surface area (Å²) < 4.78 is 7.63. The third-order valence-electron chi connectivity index (χ3n) is 3.24. The summed E-state index contributed by atoms with van der Waals surface area (Å²) in [5.74, 6) is -0.328. The number of ether oxygens (including phenoxy) is 1. The van der Waals surface area contributed by atoms with E-state index in [-0.39, 0.29) is 5.97 Å². The number of aromatic nitrogens is 2. The van der Waals surface area contributed by atoms with Crippen molar-refractivity contribution in [2.24, 2.45) is 0 Å². The second-order valence-electron chi connectivity index (χ2n) is 4.69. The maximum Gasteiger partial charge on any atom is 0.337 e. The highest BCUT2D eigenvalue weighted by molar-refractivity contribution is 9.10. The van der Waals surface area contributed by atoms with Crippen LogP contribution in [0.3, 0.4) is 0 Å². The molecule has 0 amide bonds. The Balaban J connectivity index is 1.91. The Morgan fingerprint density at radius 3 is 2.86 bits per heavy atom. The van der Waals surface area contributed by atoms with E-state index in [1.807, 2.05) is 47.3 Å². The van der Waals surface area contributed by atoms with Crippen LogP contribution in [0.25, 0.3) is 10.9 Å². The van der Waals surface area contributed by atoms with E-state index in [0.29, 0.717) is 12.1 Å². The summed E-state index contributed by atoms with van der Waals surface area (Å²) >= 11 is 3.52. The second-order valence-corrected chi connectivity index (χ2v) is 5.55. The summed E-state index contributed by atoms with van der Waals surface area (Å²) in [6, 6.07) is 13.3. The van der Waals surface area contributed by atoms with Gasteiger partial charge in [-0.2, -0.15) is 5.10 Å². The number of fused-ring (bicyclic) bond motifs is 1. The molecule has 0 fully saturated rings. The molecule has 5 heteroatoms. The summed E-state index contributed by atoms with van der Waals surface area (Å²) in [4.78, 5) is 11.6. The first-order chi connectivity index (χ1) is 10.2. The van der Waals surface area contributed by atoms with Crippen LogP contribution in [0.5, 0.6) is 0 Å². The SMILES string of the molecule is COC(=O)c1cccc(Cn2cc3c(Br)cccc3n2)c1. The molecule has 0 radical (unpaired) electrons. The Hall–Kier alpha value is -2.14. The minimum absolute atomic E-state index is 0.328. The Morgan fingerprint density at radius 2 is 2.10 bits per heavy atom. The van der Waals surface area contributed by atoms with Crippen LogP contribution in [0.15, 0.2) is 53.1 Å². The highest BCUT2D eigenvalue weighted by atomic mass is 79.9. The van der Waals surface area contributed by atoms with E-state index in [4.69, 9.17) is 4.74 Å². The van der Waals surface area contributed by atoms with Crippen molar-refractivity contribution in [1.82, 2.24) is 9.78 Å². The fraction of sp³-hybridized carbons (Fsp3) is 0.125. The van der Waals surface area contributed by atoms with Crippen molar-refractivity contribution < 1.29 is 9.53 Å². The van der Waals surface area contributed by atoms with Gasteiger partial charge in [-0.15, -0.1) is 0 Å². The van der Waals surface area contributed by atoms with E-state index in [1.165, 1.54) is 7.11 Å². The zero-order chi connectivity index (χ0) is 14.8. The van der Waals surface area contributed by atoms with Gasteiger partial charge in [-0.05, 0) is 29.8 Å². The predicted octanol–water partition coefficient (Wildman–Crippen LogP) is 3.63. The van der Waals surface area contributed by atoms with Gasteiger partial charge >= 0.3 is 5.97 Å². The smallest absolute Gasteiger partial charge is 0.337 e. The molecule has 1 aromatic heterocycles. The van der Waals surface area contributed by atoms with Gasteiger partial charge in [0.15, 0.2) is 0 Å². The van der Waals surface area contributed by atoms with Crippen molar-refractivity contribution >= 4 is 32.8 Å². The first kappa shape index (κ1) is 13.8. The van der Waals surface area contributed by atoms with Crippen LogP contribution in [-0.4, -0.2) is 22.9 Å². The summed E-state index contributed by atoms with van der Waals surface area (Å²) in [6.07, 6.45) is 1.99. The number of hydrogen-bond donors (Lipinski definition) is 0. The third kappa shape index (κ3) is 2.83. The molecule has 0 spiro atoms. The van der Waals surface area contributed by atoms with E-state index < -0.39 is 0 Å². The van der Waals surface area contributed by atoms with Crippen LogP contribution in [0.2, 0.25) is 0 Å². The minimum Gasteiger partial charge on any atom is -0.465 e. The van der Waals surface area contributed by atoms with E-state index >= 15 is 0 Å². The van der Waals surface area contributed by atoms with Gasteiger partial charge in [-0.3, -0.25) is 4.68 Å². The van der Waals surface area contributed by atoms with Crippen LogP contribution >= 0.6 is 15.9 Å². The molecule has 0 aliphatic carbocycles. The van der Waals surface area contributed by atoms with Gasteiger partial charge in [-0.1, -0.05) is 34.1 Å². The molecule has 0 saturated heterocycles. The van der Waals surface area contributed by atoms with Crippen LogP contribution < -0.4 is 0 Å². The number of nitrogens with zero attached hydrogens (tertiary/aromatic N) is 2. The predicted molar refractivity (Wildman–Crippen MR) is 84.3 cm³/mol. The lowest BCUT2D eigenvalue weighted by Gasteiger charge is -2.04. The number of rotatable bonds is 3. The fourth-order valence-electron chi connectivity index (χ4n) is 2.24. The van der Waals surface area contributed by atoms with Crippen molar-refractivity contribution in [3.8, 4) is 0 Å². The van der Waals surface area contributed by atoms with Gasteiger partial charge in [0.2, 0.25) is 0 Å². The largest absolute Gasteiger partial charge is 0.465 e. The van der Waals surface area contributed by atoms with Crippen LogP contribution in [0, 0.1) is 0 Å². The maximum absolute atomic E-state index is 11.6. The monoisotopic (exact) mass is 344 g/mol. The Morgan fingerprint density at radius 1 is 1.29 bits per heavy atom. The average Bonchev–Trinajstić information content (AvgIpc) is 2.90. The number of esters is 1. The second kappa shape index (κ2) is 5.69. The van der Waals surface area contributed by atoms with Crippen molar-refractivity contribution in [1.29, 1.82) is 0 Å². The molecule has 2 aromatic carbocycles. The first-order valence-corrected chi connectivity index (χ1v) is 7.25. The quantitative estimate of drug-likeness (QED) is 0.681. The number of carbonyl (C=O) groups excluding carboxylic acids is 1. The number of benzene rings is 2. The summed E-state index contributed by atoms with van der Waals surface area (Å²) in [5.41, 5.74) is 2.49. The molecule has 106 valence electrons. The van der Waals surface area contributed by atoms with Crippen LogP contribution in [0.1, 0.15) is 15.9 Å². The van der Waals surface area contributed by atoms with Crippen molar-refractivity contribution in [3.63, 3.8) is 0 Å². The third-order valence-corrected chi connectivity index (χ3v) is 3.93. The normalized spacial score (nSPS) is 10.8. The number of halogens is 1. The van der Waals surface area contributed by atoms with Gasteiger partial charge in [0.25, 0.3) is 0 Å². The molecule has 0 aliphatic rings. The molecule has 4 nitrogen and oxygen atoms in total. The molecule has 3 aromatic rings. The van der Waals surface area contributed by atoms with Gasteiger partial charge < -0.3 is 4.74 Å². The molecule has 21 heavy (non-hydrogen) atoms.